The maximum Gasteiger partial charge on any atom is 0.297 e. The second-order valence-electron chi connectivity index (χ2n) is 4.51. The van der Waals surface area contributed by atoms with E-state index < -0.39 is 0 Å². The molecule has 0 aromatic carbocycles. The smallest absolute Gasteiger partial charge is 0.297 e. The van der Waals surface area contributed by atoms with Crippen molar-refractivity contribution < 1.29 is 4.42 Å². The van der Waals surface area contributed by atoms with Crippen LogP contribution in [-0.2, 0) is 0 Å². The highest BCUT2D eigenvalue weighted by Gasteiger charge is 2.13. The SMILES string of the molecule is CC(C)CN(CC(C)C)c1ncco1. The summed E-state index contributed by atoms with van der Waals surface area (Å²) in [6.07, 6.45) is 3.33. The number of hydrogen-bond acceptors (Lipinski definition) is 3. The molecule has 80 valence electrons. The second kappa shape index (κ2) is 5.03. The molecule has 0 N–H and O–H groups in total. The van der Waals surface area contributed by atoms with Gasteiger partial charge in [0, 0.05) is 13.1 Å². The molecule has 0 unspecified atom stereocenters. The van der Waals surface area contributed by atoms with Gasteiger partial charge in [0.15, 0.2) is 0 Å². The summed E-state index contributed by atoms with van der Waals surface area (Å²) in [6.45, 7) is 10.8. The molecular weight excluding hydrogens is 176 g/mol. The summed E-state index contributed by atoms with van der Waals surface area (Å²) in [5, 5.41) is 0. The Bertz CT molecular complexity index is 232. The lowest BCUT2D eigenvalue weighted by Gasteiger charge is -2.24. The van der Waals surface area contributed by atoms with Crippen LogP contribution in [0.1, 0.15) is 27.7 Å². The van der Waals surface area contributed by atoms with Crippen molar-refractivity contribution in [3.8, 4) is 0 Å². The van der Waals surface area contributed by atoms with Crippen LogP contribution < -0.4 is 4.90 Å². The molecule has 0 aliphatic carbocycles. The van der Waals surface area contributed by atoms with Gasteiger partial charge in [-0.1, -0.05) is 27.7 Å². The fourth-order valence-electron chi connectivity index (χ4n) is 1.48. The standard InChI is InChI=1S/C11H20N2O/c1-9(2)7-13(8-10(3)4)11-12-5-6-14-11/h5-6,9-10H,7-8H2,1-4H3. The van der Waals surface area contributed by atoms with Gasteiger partial charge in [0.25, 0.3) is 6.01 Å². The van der Waals surface area contributed by atoms with Gasteiger partial charge < -0.3 is 9.32 Å². The minimum Gasteiger partial charge on any atom is -0.432 e. The van der Waals surface area contributed by atoms with Crippen molar-refractivity contribution in [2.75, 3.05) is 18.0 Å². The third-order valence-electron chi connectivity index (χ3n) is 1.86. The summed E-state index contributed by atoms with van der Waals surface area (Å²) in [6, 6.07) is 0.743. The molecule has 0 fully saturated rings. The average Bonchev–Trinajstić information content (AvgIpc) is 2.52. The number of nitrogens with zero attached hydrogens (tertiary/aromatic N) is 2. The molecule has 14 heavy (non-hydrogen) atoms. The predicted octanol–water partition coefficient (Wildman–Crippen LogP) is 2.79. The largest absolute Gasteiger partial charge is 0.432 e. The van der Waals surface area contributed by atoms with E-state index in [-0.39, 0.29) is 0 Å². The Morgan fingerprint density at radius 2 is 1.79 bits per heavy atom. The summed E-state index contributed by atoms with van der Waals surface area (Å²) in [4.78, 5) is 6.39. The van der Waals surface area contributed by atoms with Crippen LogP contribution in [0.25, 0.3) is 0 Å². The van der Waals surface area contributed by atoms with E-state index in [1.165, 1.54) is 0 Å². The number of rotatable bonds is 5. The summed E-state index contributed by atoms with van der Waals surface area (Å²) in [5.74, 6) is 1.25. The first-order valence-electron chi connectivity index (χ1n) is 5.24. The van der Waals surface area contributed by atoms with E-state index in [9.17, 15) is 0 Å². The van der Waals surface area contributed by atoms with Gasteiger partial charge >= 0.3 is 0 Å². The molecule has 0 atom stereocenters. The van der Waals surface area contributed by atoms with Gasteiger partial charge in [-0.3, -0.25) is 0 Å². The zero-order chi connectivity index (χ0) is 10.6. The molecule has 1 rings (SSSR count). The van der Waals surface area contributed by atoms with Crippen molar-refractivity contribution in [1.29, 1.82) is 0 Å². The Balaban J connectivity index is 2.62. The molecular formula is C11H20N2O. The monoisotopic (exact) mass is 196 g/mol. The molecule has 1 heterocycles. The fraction of sp³-hybridized carbons (Fsp3) is 0.727. The summed E-state index contributed by atoms with van der Waals surface area (Å²) >= 11 is 0. The van der Waals surface area contributed by atoms with E-state index in [0.29, 0.717) is 11.8 Å². The van der Waals surface area contributed by atoms with Gasteiger partial charge in [-0.15, -0.1) is 0 Å². The fourth-order valence-corrected chi connectivity index (χ4v) is 1.48. The van der Waals surface area contributed by atoms with Crippen molar-refractivity contribution in [2.24, 2.45) is 11.8 Å². The van der Waals surface area contributed by atoms with Crippen molar-refractivity contribution in [2.45, 2.75) is 27.7 Å². The Kier molecular flexibility index (Phi) is 3.98. The van der Waals surface area contributed by atoms with Crippen LogP contribution in [-0.4, -0.2) is 18.1 Å². The molecule has 0 saturated carbocycles. The third kappa shape index (κ3) is 3.40. The van der Waals surface area contributed by atoms with Crippen LogP contribution in [0.4, 0.5) is 6.01 Å². The highest BCUT2D eigenvalue weighted by molar-refractivity contribution is 5.24. The molecule has 0 amide bonds. The van der Waals surface area contributed by atoms with Crippen molar-refractivity contribution >= 4 is 6.01 Å². The zero-order valence-electron chi connectivity index (χ0n) is 9.53. The van der Waals surface area contributed by atoms with Gasteiger partial charge in [-0.25, -0.2) is 4.98 Å². The molecule has 0 spiro atoms. The maximum atomic E-state index is 5.31. The summed E-state index contributed by atoms with van der Waals surface area (Å²) in [5.41, 5.74) is 0. The van der Waals surface area contributed by atoms with Crippen LogP contribution in [0.3, 0.4) is 0 Å². The lowest BCUT2D eigenvalue weighted by Crippen LogP contribution is -2.31. The van der Waals surface area contributed by atoms with Gasteiger partial charge in [-0.2, -0.15) is 0 Å². The molecule has 3 nitrogen and oxygen atoms in total. The molecule has 3 heteroatoms. The first-order chi connectivity index (χ1) is 6.59. The molecule has 1 aromatic rings. The number of hydrogen-bond donors (Lipinski definition) is 0. The maximum absolute atomic E-state index is 5.31. The van der Waals surface area contributed by atoms with Gasteiger partial charge in [0.05, 0.1) is 6.20 Å². The molecule has 0 saturated heterocycles. The van der Waals surface area contributed by atoms with Crippen molar-refractivity contribution in [3.63, 3.8) is 0 Å². The zero-order valence-corrected chi connectivity index (χ0v) is 9.53. The topological polar surface area (TPSA) is 29.3 Å². The second-order valence-corrected chi connectivity index (χ2v) is 4.51. The van der Waals surface area contributed by atoms with E-state index in [2.05, 4.69) is 37.6 Å². The Morgan fingerprint density at radius 3 is 2.14 bits per heavy atom. The van der Waals surface area contributed by atoms with Gasteiger partial charge in [0.1, 0.15) is 6.26 Å². The van der Waals surface area contributed by atoms with Gasteiger partial charge in [-0.05, 0) is 11.8 Å². The van der Waals surface area contributed by atoms with Crippen LogP contribution in [0.2, 0.25) is 0 Å². The number of aromatic nitrogens is 1. The highest BCUT2D eigenvalue weighted by atomic mass is 16.4. The predicted molar refractivity (Wildman–Crippen MR) is 58.4 cm³/mol. The molecule has 0 bridgehead atoms. The van der Waals surface area contributed by atoms with Gasteiger partial charge in [0.2, 0.25) is 0 Å². The van der Waals surface area contributed by atoms with E-state index >= 15 is 0 Å². The molecule has 0 radical (unpaired) electrons. The summed E-state index contributed by atoms with van der Waals surface area (Å²) < 4.78 is 5.31. The number of anilines is 1. The van der Waals surface area contributed by atoms with Crippen LogP contribution in [0, 0.1) is 11.8 Å². The average molecular weight is 196 g/mol. The Hall–Kier alpha value is -0.990. The Morgan fingerprint density at radius 1 is 1.21 bits per heavy atom. The Labute approximate surface area is 86.1 Å². The van der Waals surface area contributed by atoms with E-state index in [1.807, 2.05) is 0 Å². The first-order valence-corrected chi connectivity index (χ1v) is 5.24. The lowest BCUT2D eigenvalue weighted by atomic mass is 10.1. The minimum atomic E-state index is 0.626. The van der Waals surface area contributed by atoms with Crippen LogP contribution >= 0.6 is 0 Å². The van der Waals surface area contributed by atoms with Crippen molar-refractivity contribution in [3.05, 3.63) is 12.5 Å². The highest BCUT2D eigenvalue weighted by Crippen LogP contribution is 2.14. The molecule has 0 aliphatic heterocycles. The van der Waals surface area contributed by atoms with Crippen LogP contribution in [0.5, 0.6) is 0 Å². The van der Waals surface area contributed by atoms with Crippen molar-refractivity contribution in [1.82, 2.24) is 4.98 Å². The quantitative estimate of drug-likeness (QED) is 0.725. The minimum absolute atomic E-state index is 0.626. The first kappa shape index (κ1) is 11.1. The van der Waals surface area contributed by atoms with E-state index in [0.717, 1.165) is 19.1 Å². The summed E-state index contributed by atoms with van der Waals surface area (Å²) in [7, 11) is 0. The normalized spacial score (nSPS) is 11.3. The molecule has 0 aliphatic rings. The molecule has 1 aromatic heterocycles. The van der Waals surface area contributed by atoms with Crippen LogP contribution in [0.15, 0.2) is 16.9 Å². The van der Waals surface area contributed by atoms with E-state index in [4.69, 9.17) is 4.42 Å². The third-order valence-corrected chi connectivity index (χ3v) is 1.86. The number of oxazole rings is 1. The van der Waals surface area contributed by atoms with E-state index in [1.54, 1.807) is 12.5 Å². The lowest BCUT2D eigenvalue weighted by molar-refractivity contribution is 0.480.